The molecule has 0 bridgehead atoms. The van der Waals surface area contributed by atoms with Gasteiger partial charge in [-0.1, -0.05) is 484 Å². The summed E-state index contributed by atoms with van der Waals surface area (Å²) >= 11 is 0. The van der Waals surface area contributed by atoms with E-state index in [0.29, 0.717) is 32.1 Å². The third-order valence-electron chi connectivity index (χ3n) is 25.1. The van der Waals surface area contributed by atoms with Crippen LogP contribution in [0.25, 0.3) is 0 Å². The van der Waals surface area contributed by atoms with E-state index in [4.69, 9.17) is 37.9 Å². The monoisotopic (exact) mass is 1670 g/mol. The van der Waals surface area contributed by atoms with Crippen LogP contribution in [0.2, 0.25) is 0 Å². The summed E-state index contributed by atoms with van der Waals surface area (Å²) in [6.07, 6.45) is 74.7. The van der Waals surface area contributed by atoms with Crippen molar-refractivity contribution in [1.82, 2.24) is 0 Å². The molecular formula is C102H192O16. The molecule has 0 aromatic heterocycles. The molecule has 16 nitrogen and oxygen atoms in total. The molecule has 0 amide bonds. The van der Waals surface area contributed by atoms with Crippen molar-refractivity contribution in [3.8, 4) is 0 Å². The van der Waals surface area contributed by atoms with Crippen LogP contribution < -0.4 is 0 Å². The van der Waals surface area contributed by atoms with E-state index in [0.717, 1.165) is 116 Å². The molecule has 0 unspecified atom stereocenters. The maximum atomic E-state index is 14.4. The summed E-state index contributed by atoms with van der Waals surface area (Å²) in [5.74, 6) is -5.35. The first-order chi connectivity index (χ1) is 57.9. The third-order valence-corrected chi connectivity index (χ3v) is 25.1. The van der Waals surface area contributed by atoms with Crippen molar-refractivity contribution < 1.29 is 77.2 Å². The van der Waals surface area contributed by atoms with E-state index in [1.807, 2.05) is 0 Å². The highest BCUT2D eigenvalue weighted by atomic mass is 16.8. The Morgan fingerprint density at radius 1 is 0.246 bits per heavy atom. The zero-order valence-corrected chi connectivity index (χ0v) is 78.0. The van der Waals surface area contributed by atoms with Gasteiger partial charge < -0.3 is 53.2 Å². The zero-order valence-electron chi connectivity index (χ0n) is 78.0. The number of rotatable bonds is 90. The van der Waals surface area contributed by atoms with Gasteiger partial charge in [0.2, 0.25) is 5.79 Å². The van der Waals surface area contributed by atoms with E-state index in [9.17, 15) is 39.3 Å². The zero-order chi connectivity index (χ0) is 85.4. The smallest absolute Gasteiger partial charge is 0.306 e. The molecule has 2 saturated heterocycles. The van der Waals surface area contributed by atoms with Gasteiger partial charge in [-0.25, -0.2) is 0 Å². The molecule has 2 aliphatic rings. The molecule has 2 fully saturated rings. The molecule has 9 atom stereocenters. The minimum Gasteiger partial charge on any atom is -0.463 e. The van der Waals surface area contributed by atoms with Gasteiger partial charge in [0.05, 0.1) is 0 Å². The van der Waals surface area contributed by atoms with Gasteiger partial charge >= 0.3 is 29.8 Å². The van der Waals surface area contributed by atoms with Crippen molar-refractivity contribution in [2.75, 3.05) is 19.8 Å². The van der Waals surface area contributed by atoms with Gasteiger partial charge in [0.1, 0.15) is 50.3 Å². The molecule has 2 rings (SSSR count). The number of esters is 5. The highest BCUT2D eigenvalue weighted by Gasteiger charge is 2.63. The average Bonchev–Trinajstić information content (AvgIpc) is 1.61. The third kappa shape index (κ3) is 63.1. The summed E-state index contributed by atoms with van der Waals surface area (Å²) in [6.45, 7) is 9.54. The fourth-order valence-electron chi connectivity index (χ4n) is 17.2. The van der Waals surface area contributed by atoms with Crippen LogP contribution in [-0.4, -0.2) is 120 Å². The van der Waals surface area contributed by atoms with Crippen LogP contribution >= 0.6 is 0 Å². The van der Waals surface area contributed by atoms with Crippen molar-refractivity contribution in [1.29, 1.82) is 0 Å². The van der Waals surface area contributed by atoms with Gasteiger partial charge in [0.25, 0.3) is 0 Å². The van der Waals surface area contributed by atoms with E-state index in [-0.39, 0.29) is 32.1 Å². The molecule has 0 spiro atoms. The number of hydrogen-bond acceptors (Lipinski definition) is 16. The summed E-state index contributed by atoms with van der Waals surface area (Å²) in [4.78, 5) is 69.6. The standard InChI is InChI=1S/C102H192O16/c1-6-11-16-21-26-31-36-41-46-51-56-61-66-71-76-81-91(103)111-86-89-96(108)99(115-94(106)84-79-74-69-64-59-54-49-44-39-34-29-24-19-14-9-4)98(110)101(114-89)118-102(88-113-93(105)83-78-73-68-63-58-53-48-43-38-33-28-23-18-13-8-3)100(116-95(107)85-80-75-70-65-60-55-50-45-40-35-30-25-20-15-10-5)97(109)90(117-102)87-112-92(104)82-77-72-67-62-57-52-47-42-37-32-27-22-17-12-7-2/h89-90,96-101,108-110H,6-88H2,1-5H3/t89-,90-,96-,97-,98-,99+,100+,101-,102+/m1/s1. The Kier molecular flexibility index (Phi) is 77.6. The quantitative estimate of drug-likeness (QED) is 0.0293. The first kappa shape index (κ1) is 111. The summed E-state index contributed by atoms with van der Waals surface area (Å²) in [5, 5.41) is 37.2. The Morgan fingerprint density at radius 2 is 0.458 bits per heavy atom. The maximum Gasteiger partial charge on any atom is 0.306 e. The predicted molar refractivity (Wildman–Crippen MR) is 486 cm³/mol. The minimum absolute atomic E-state index is 0.00554. The Labute approximate surface area is 726 Å². The molecule has 0 saturated carbocycles. The van der Waals surface area contributed by atoms with Gasteiger partial charge in [-0.05, 0) is 32.1 Å². The van der Waals surface area contributed by atoms with E-state index >= 15 is 0 Å². The van der Waals surface area contributed by atoms with Crippen molar-refractivity contribution >= 4 is 29.8 Å². The number of carbonyl (C=O) groups excluding carboxylic acids is 5. The van der Waals surface area contributed by atoms with Crippen molar-refractivity contribution in [3.63, 3.8) is 0 Å². The van der Waals surface area contributed by atoms with Crippen molar-refractivity contribution in [2.24, 2.45) is 0 Å². The second kappa shape index (κ2) is 82.4. The Bertz CT molecular complexity index is 2230. The van der Waals surface area contributed by atoms with E-state index in [1.54, 1.807) is 0 Å². The summed E-state index contributed by atoms with van der Waals surface area (Å²) in [6, 6.07) is 0. The molecule has 0 aliphatic carbocycles. The predicted octanol–water partition coefficient (Wildman–Crippen LogP) is 28.7. The molecule has 696 valence electrons. The normalized spacial score (nSPS) is 19.3. The van der Waals surface area contributed by atoms with Gasteiger partial charge in [-0.2, -0.15) is 0 Å². The fourth-order valence-corrected chi connectivity index (χ4v) is 17.2. The highest BCUT2D eigenvalue weighted by molar-refractivity contribution is 5.71. The minimum atomic E-state index is -2.43. The number of unbranched alkanes of at least 4 members (excludes halogenated alkanes) is 70. The average molecular weight is 1670 g/mol. The Balaban J connectivity index is 2.40. The second-order valence-electron chi connectivity index (χ2n) is 36.5. The highest BCUT2D eigenvalue weighted by Crippen LogP contribution is 2.40. The molecule has 0 aromatic carbocycles. The van der Waals surface area contributed by atoms with E-state index in [2.05, 4.69) is 34.6 Å². The number of aliphatic hydroxyl groups is 3. The van der Waals surface area contributed by atoms with Gasteiger partial charge in [0, 0.05) is 32.1 Å². The van der Waals surface area contributed by atoms with Crippen LogP contribution in [0.4, 0.5) is 0 Å². The van der Waals surface area contributed by atoms with E-state index < -0.39 is 104 Å². The molecule has 3 N–H and O–H groups in total. The Hall–Kier alpha value is -2.89. The molecular weight excluding hydrogens is 1480 g/mol. The molecule has 0 aromatic rings. The number of ether oxygens (including phenoxy) is 8. The lowest BCUT2D eigenvalue weighted by Gasteiger charge is -2.45. The topological polar surface area (TPSA) is 220 Å². The molecule has 0 radical (unpaired) electrons. The first-order valence-corrected chi connectivity index (χ1v) is 51.8. The van der Waals surface area contributed by atoms with Crippen molar-refractivity contribution in [3.05, 3.63) is 0 Å². The largest absolute Gasteiger partial charge is 0.463 e. The SMILES string of the molecule is CCCCCCCCCCCCCCCCCC(=O)OC[C@H]1O[C@@](COC(=O)CCCCCCCCCCCCCCCCC)(O[C@H]2O[C@H](COC(=O)CCCCCCCCCCCCCCCCC)[C@@H](O)[C@H](OC(=O)CCCCCCCCCCCCCCCCC)[C@H]2O)[C@@H](OC(=O)CCCCCCCCCCCCCCCCC)[C@@H]1O. The van der Waals surface area contributed by atoms with Crippen LogP contribution in [0.3, 0.4) is 0 Å². The lowest BCUT2D eigenvalue weighted by molar-refractivity contribution is -0.384. The molecule has 2 heterocycles. The lowest BCUT2D eigenvalue weighted by atomic mass is 9.98. The molecule has 16 heteroatoms. The maximum absolute atomic E-state index is 14.4. The second-order valence-corrected chi connectivity index (χ2v) is 36.5. The van der Waals surface area contributed by atoms with Crippen LogP contribution in [0.5, 0.6) is 0 Å². The summed E-state index contributed by atoms with van der Waals surface area (Å²) in [7, 11) is 0. The fraction of sp³-hybridized carbons (Fsp3) is 0.951. The first-order valence-electron chi connectivity index (χ1n) is 51.8. The Morgan fingerprint density at radius 3 is 0.712 bits per heavy atom. The number of hydrogen-bond donors (Lipinski definition) is 3. The summed E-state index contributed by atoms with van der Waals surface area (Å²) < 4.78 is 50.0. The van der Waals surface area contributed by atoms with Crippen LogP contribution in [0.1, 0.15) is 548 Å². The van der Waals surface area contributed by atoms with Crippen LogP contribution in [0, 0.1) is 0 Å². The lowest BCUT2D eigenvalue weighted by Crippen LogP contribution is -2.64. The number of carbonyl (C=O) groups is 5. The molecule has 118 heavy (non-hydrogen) atoms. The van der Waals surface area contributed by atoms with Crippen LogP contribution in [0.15, 0.2) is 0 Å². The summed E-state index contributed by atoms with van der Waals surface area (Å²) in [5.41, 5.74) is 0. The molecule has 2 aliphatic heterocycles. The van der Waals surface area contributed by atoms with Gasteiger partial charge in [-0.15, -0.1) is 0 Å². The van der Waals surface area contributed by atoms with Gasteiger partial charge in [-0.3, -0.25) is 24.0 Å². The van der Waals surface area contributed by atoms with Crippen molar-refractivity contribution in [2.45, 2.75) is 603 Å². The van der Waals surface area contributed by atoms with Gasteiger partial charge in [0.15, 0.2) is 18.5 Å². The van der Waals surface area contributed by atoms with Crippen LogP contribution in [-0.2, 0) is 61.9 Å². The number of aliphatic hydroxyl groups excluding tert-OH is 3. The van der Waals surface area contributed by atoms with E-state index in [1.165, 1.54) is 334 Å².